The third-order valence-electron chi connectivity index (χ3n) is 3.12. The second-order valence-corrected chi connectivity index (χ2v) is 4.59. The minimum atomic E-state index is -0.165. The Morgan fingerprint density at radius 3 is 2.87 bits per heavy atom. The van der Waals surface area contributed by atoms with Gasteiger partial charge in [-0.05, 0) is 19.4 Å². The van der Waals surface area contributed by atoms with Crippen molar-refractivity contribution < 1.29 is 4.79 Å². The second kappa shape index (κ2) is 3.78. The first-order valence-electron chi connectivity index (χ1n) is 5.44. The molecule has 1 saturated heterocycles. The van der Waals surface area contributed by atoms with Crippen molar-refractivity contribution >= 4 is 5.78 Å². The van der Waals surface area contributed by atoms with Crippen LogP contribution >= 0.6 is 0 Å². The second-order valence-electron chi connectivity index (χ2n) is 4.59. The van der Waals surface area contributed by atoms with Gasteiger partial charge in [0.05, 0.1) is 0 Å². The number of nitrogens with one attached hydrogen (secondary N) is 1. The van der Waals surface area contributed by atoms with E-state index in [1.165, 1.54) is 11.1 Å². The van der Waals surface area contributed by atoms with Gasteiger partial charge in [0.15, 0.2) is 0 Å². The van der Waals surface area contributed by atoms with E-state index in [4.69, 9.17) is 0 Å². The maximum absolute atomic E-state index is 11.5. The van der Waals surface area contributed by atoms with Crippen molar-refractivity contribution in [2.24, 2.45) is 0 Å². The average molecular weight is 203 g/mol. The number of aryl methyl sites for hydroxylation is 1. The van der Waals surface area contributed by atoms with Crippen LogP contribution in [-0.4, -0.2) is 12.3 Å². The van der Waals surface area contributed by atoms with Crippen LogP contribution in [0, 0.1) is 6.92 Å². The molecule has 1 aliphatic heterocycles. The van der Waals surface area contributed by atoms with Gasteiger partial charge in [0.1, 0.15) is 5.78 Å². The van der Waals surface area contributed by atoms with E-state index in [0.29, 0.717) is 18.6 Å². The van der Waals surface area contributed by atoms with Crippen molar-refractivity contribution in [2.45, 2.75) is 32.2 Å². The first-order chi connectivity index (χ1) is 7.10. The van der Waals surface area contributed by atoms with E-state index in [0.717, 1.165) is 6.54 Å². The normalized spacial score (nSPS) is 26.7. The largest absolute Gasteiger partial charge is 0.307 e. The summed E-state index contributed by atoms with van der Waals surface area (Å²) in [5.74, 6) is 0.359. The monoisotopic (exact) mass is 203 g/mol. The molecular weight excluding hydrogens is 186 g/mol. The van der Waals surface area contributed by atoms with Crippen molar-refractivity contribution in [3.05, 3.63) is 35.4 Å². The molecule has 2 rings (SSSR count). The number of hydrogen-bond donors (Lipinski definition) is 1. The number of piperidine rings is 1. The highest BCUT2D eigenvalue weighted by atomic mass is 16.1. The van der Waals surface area contributed by atoms with E-state index in [2.05, 4.69) is 43.4 Å². The third kappa shape index (κ3) is 2.10. The lowest BCUT2D eigenvalue weighted by Gasteiger charge is -2.34. The minimum absolute atomic E-state index is 0.165. The van der Waals surface area contributed by atoms with Gasteiger partial charge < -0.3 is 5.32 Å². The molecule has 1 aliphatic rings. The van der Waals surface area contributed by atoms with Crippen LogP contribution in [0.15, 0.2) is 24.3 Å². The molecule has 15 heavy (non-hydrogen) atoms. The summed E-state index contributed by atoms with van der Waals surface area (Å²) in [6.45, 7) is 4.99. The molecule has 0 bridgehead atoms. The number of rotatable bonds is 1. The van der Waals surface area contributed by atoms with E-state index in [1.807, 2.05) is 0 Å². The summed E-state index contributed by atoms with van der Waals surface area (Å²) in [4.78, 5) is 11.5. The Morgan fingerprint density at radius 1 is 1.40 bits per heavy atom. The zero-order chi connectivity index (χ0) is 10.9. The van der Waals surface area contributed by atoms with Crippen LogP contribution in [-0.2, 0) is 10.3 Å². The van der Waals surface area contributed by atoms with Crippen molar-refractivity contribution in [1.29, 1.82) is 0 Å². The van der Waals surface area contributed by atoms with Crippen LogP contribution in [0.25, 0.3) is 0 Å². The fraction of sp³-hybridized carbons (Fsp3) is 0.462. The van der Waals surface area contributed by atoms with Crippen molar-refractivity contribution in [2.75, 3.05) is 6.54 Å². The predicted octanol–water partition coefficient (Wildman–Crippen LogP) is 2.16. The van der Waals surface area contributed by atoms with Gasteiger partial charge in [-0.15, -0.1) is 0 Å². The minimum Gasteiger partial charge on any atom is -0.307 e. The Kier molecular flexibility index (Phi) is 2.61. The highest BCUT2D eigenvalue weighted by Crippen LogP contribution is 2.28. The van der Waals surface area contributed by atoms with Crippen molar-refractivity contribution in [3.8, 4) is 0 Å². The maximum atomic E-state index is 11.5. The third-order valence-corrected chi connectivity index (χ3v) is 3.12. The van der Waals surface area contributed by atoms with E-state index < -0.39 is 0 Å². The lowest BCUT2D eigenvalue weighted by Crippen LogP contribution is -2.46. The molecule has 1 atom stereocenters. The summed E-state index contributed by atoms with van der Waals surface area (Å²) in [5, 5.41) is 3.45. The topological polar surface area (TPSA) is 29.1 Å². The van der Waals surface area contributed by atoms with Crippen molar-refractivity contribution in [3.63, 3.8) is 0 Å². The molecule has 1 aromatic carbocycles. The quantitative estimate of drug-likeness (QED) is 0.757. The average Bonchev–Trinajstić information content (AvgIpc) is 2.17. The molecule has 1 unspecified atom stereocenters. The fourth-order valence-electron chi connectivity index (χ4n) is 2.22. The molecule has 80 valence electrons. The maximum Gasteiger partial charge on any atom is 0.136 e. The smallest absolute Gasteiger partial charge is 0.136 e. The van der Waals surface area contributed by atoms with Crippen LogP contribution < -0.4 is 5.32 Å². The van der Waals surface area contributed by atoms with Crippen molar-refractivity contribution in [1.82, 2.24) is 5.32 Å². The Bertz CT molecular complexity index is 386. The zero-order valence-corrected chi connectivity index (χ0v) is 9.34. The SMILES string of the molecule is Cc1cccc(C2(C)CC(=O)CCN2)c1. The van der Waals surface area contributed by atoms with Gasteiger partial charge in [-0.3, -0.25) is 4.79 Å². The van der Waals surface area contributed by atoms with Gasteiger partial charge >= 0.3 is 0 Å². The van der Waals surface area contributed by atoms with Gasteiger partial charge in [0.25, 0.3) is 0 Å². The summed E-state index contributed by atoms with van der Waals surface area (Å²) in [5.41, 5.74) is 2.30. The summed E-state index contributed by atoms with van der Waals surface area (Å²) in [6, 6.07) is 8.39. The number of hydrogen-bond acceptors (Lipinski definition) is 2. The molecule has 0 aromatic heterocycles. The standard InChI is InChI=1S/C13H17NO/c1-10-4-3-5-11(8-10)13(2)9-12(15)6-7-14-13/h3-5,8,14H,6-7,9H2,1-2H3. The van der Waals surface area contributed by atoms with Gasteiger partial charge in [-0.1, -0.05) is 29.8 Å². The lowest BCUT2D eigenvalue weighted by atomic mass is 9.83. The highest BCUT2D eigenvalue weighted by Gasteiger charge is 2.32. The Balaban J connectivity index is 2.32. The van der Waals surface area contributed by atoms with Crippen LogP contribution in [0.3, 0.4) is 0 Å². The summed E-state index contributed by atoms with van der Waals surface area (Å²) in [7, 11) is 0. The molecule has 2 heteroatoms. The predicted molar refractivity (Wildman–Crippen MR) is 60.8 cm³/mol. The summed E-state index contributed by atoms with van der Waals surface area (Å²) < 4.78 is 0. The lowest BCUT2D eigenvalue weighted by molar-refractivity contribution is -0.122. The van der Waals surface area contributed by atoms with Crippen LogP contribution in [0.4, 0.5) is 0 Å². The highest BCUT2D eigenvalue weighted by molar-refractivity contribution is 5.81. The first kappa shape index (κ1) is 10.4. The van der Waals surface area contributed by atoms with Gasteiger partial charge in [-0.25, -0.2) is 0 Å². The number of ketones is 1. The molecule has 1 N–H and O–H groups in total. The molecule has 1 fully saturated rings. The van der Waals surface area contributed by atoms with Gasteiger partial charge in [-0.2, -0.15) is 0 Å². The Labute approximate surface area is 90.7 Å². The molecule has 0 saturated carbocycles. The summed E-state index contributed by atoms with van der Waals surface area (Å²) in [6.07, 6.45) is 1.28. The first-order valence-corrected chi connectivity index (χ1v) is 5.44. The molecule has 1 aromatic rings. The van der Waals surface area contributed by atoms with Crippen LogP contribution in [0.1, 0.15) is 30.9 Å². The number of carbonyl (C=O) groups is 1. The molecular formula is C13H17NO. The molecule has 0 amide bonds. The van der Waals surface area contributed by atoms with Crippen LogP contribution in [0.5, 0.6) is 0 Å². The van der Waals surface area contributed by atoms with E-state index in [-0.39, 0.29) is 5.54 Å². The molecule has 0 spiro atoms. The fourth-order valence-corrected chi connectivity index (χ4v) is 2.22. The van der Waals surface area contributed by atoms with Gasteiger partial charge in [0, 0.05) is 24.9 Å². The van der Waals surface area contributed by atoms with Crippen LogP contribution in [0.2, 0.25) is 0 Å². The number of carbonyl (C=O) groups excluding carboxylic acids is 1. The van der Waals surface area contributed by atoms with E-state index >= 15 is 0 Å². The Morgan fingerprint density at radius 2 is 2.20 bits per heavy atom. The molecule has 0 radical (unpaired) electrons. The van der Waals surface area contributed by atoms with Gasteiger partial charge in [0.2, 0.25) is 0 Å². The zero-order valence-electron chi connectivity index (χ0n) is 9.34. The van der Waals surface area contributed by atoms with E-state index in [9.17, 15) is 4.79 Å². The molecule has 1 heterocycles. The van der Waals surface area contributed by atoms with E-state index in [1.54, 1.807) is 0 Å². The molecule has 0 aliphatic carbocycles. The summed E-state index contributed by atoms with van der Waals surface area (Å²) >= 11 is 0. The number of Topliss-reactive ketones (excluding diaryl/α,β-unsaturated/α-hetero) is 1. The molecule has 2 nitrogen and oxygen atoms in total. The Hall–Kier alpha value is -1.15. The number of benzene rings is 1.